The van der Waals surface area contributed by atoms with E-state index < -0.39 is 7.60 Å². The molecular formula is C28H36NO3P. The van der Waals surface area contributed by atoms with Gasteiger partial charge in [0.25, 0.3) is 0 Å². The average Bonchev–Trinajstić information content (AvgIpc) is 2.74. The quantitative estimate of drug-likeness (QED) is 0.256. The minimum atomic E-state index is -3.91. The van der Waals surface area contributed by atoms with Crippen LogP contribution in [0, 0.1) is 27.7 Å². The Kier molecular flexibility index (Phi) is 8.67. The van der Waals surface area contributed by atoms with Crippen molar-refractivity contribution in [3.8, 4) is 0 Å². The van der Waals surface area contributed by atoms with E-state index in [0.717, 1.165) is 6.42 Å². The van der Waals surface area contributed by atoms with Crippen LogP contribution in [0.5, 0.6) is 0 Å². The highest BCUT2D eigenvalue weighted by atomic mass is 31.2. The highest BCUT2D eigenvalue weighted by molar-refractivity contribution is 7.51. The largest absolute Gasteiger partial charge is 0.325 e. The topological polar surface area (TPSA) is 69.6 Å². The molecule has 3 aromatic rings. The summed E-state index contributed by atoms with van der Waals surface area (Å²) in [4.78, 5) is 18.0. The Hall–Kier alpha value is -2.23. The summed E-state index contributed by atoms with van der Waals surface area (Å²) in [5.41, 5.74) is 10.3. The predicted octanol–water partition coefficient (Wildman–Crippen LogP) is 5.95. The number of benzene rings is 3. The van der Waals surface area contributed by atoms with Gasteiger partial charge in [-0.1, -0.05) is 66.2 Å². The number of hydrogen-bond acceptors (Lipinski definition) is 2. The van der Waals surface area contributed by atoms with Gasteiger partial charge >= 0.3 is 7.60 Å². The highest BCUT2D eigenvalue weighted by Crippen LogP contribution is 2.34. The lowest BCUT2D eigenvalue weighted by Gasteiger charge is -2.21. The van der Waals surface area contributed by atoms with Gasteiger partial charge in [-0.15, -0.1) is 0 Å². The van der Waals surface area contributed by atoms with Crippen LogP contribution in [0.1, 0.15) is 56.8 Å². The standard InChI is InChI=1S/C28H36NO3P/c1-20-7-5-8-25(15-20)28(18-24-10-9-21(2)22(3)16-24)26-11-12-27(23(4)17-26)19-29-13-6-14-33(30,31)32/h5,7-12,15-17,28-29H,6,13-14,18-19H2,1-4H3,(H2,30,31,32). The van der Waals surface area contributed by atoms with Crippen molar-refractivity contribution in [1.29, 1.82) is 0 Å². The van der Waals surface area contributed by atoms with Gasteiger partial charge in [-0.2, -0.15) is 0 Å². The first kappa shape index (κ1) is 25.4. The molecule has 33 heavy (non-hydrogen) atoms. The molecule has 0 spiro atoms. The zero-order valence-electron chi connectivity index (χ0n) is 20.1. The minimum absolute atomic E-state index is 0.0748. The van der Waals surface area contributed by atoms with Crippen LogP contribution in [-0.2, 0) is 17.5 Å². The zero-order chi connectivity index (χ0) is 24.0. The van der Waals surface area contributed by atoms with E-state index in [1.807, 2.05) is 0 Å². The summed E-state index contributed by atoms with van der Waals surface area (Å²) in [6.07, 6.45) is 1.34. The summed E-state index contributed by atoms with van der Waals surface area (Å²) in [5, 5.41) is 3.31. The third kappa shape index (κ3) is 7.65. The van der Waals surface area contributed by atoms with Crippen molar-refractivity contribution in [2.24, 2.45) is 0 Å². The molecule has 0 radical (unpaired) electrons. The van der Waals surface area contributed by atoms with Crippen molar-refractivity contribution in [1.82, 2.24) is 5.32 Å². The Morgan fingerprint density at radius 2 is 1.61 bits per heavy atom. The molecule has 176 valence electrons. The Balaban J connectivity index is 1.79. The molecule has 0 aliphatic heterocycles. The summed E-state index contributed by atoms with van der Waals surface area (Å²) < 4.78 is 11.0. The summed E-state index contributed by atoms with van der Waals surface area (Å²) >= 11 is 0. The van der Waals surface area contributed by atoms with Gasteiger partial charge in [-0.25, -0.2) is 0 Å². The van der Waals surface area contributed by atoms with E-state index in [1.54, 1.807) is 0 Å². The monoisotopic (exact) mass is 465 g/mol. The molecule has 0 aromatic heterocycles. The molecule has 0 aliphatic rings. The summed E-state index contributed by atoms with van der Waals surface area (Å²) in [7, 11) is -3.91. The van der Waals surface area contributed by atoms with Crippen LogP contribution >= 0.6 is 7.60 Å². The van der Waals surface area contributed by atoms with E-state index in [4.69, 9.17) is 9.79 Å². The lowest BCUT2D eigenvalue weighted by Crippen LogP contribution is -2.16. The van der Waals surface area contributed by atoms with E-state index in [2.05, 4.69) is 93.7 Å². The van der Waals surface area contributed by atoms with Gasteiger partial charge in [0, 0.05) is 12.5 Å². The molecule has 3 N–H and O–H groups in total. The van der Waals surface area contributed by atoms with E-state index in [-0.39, 0.29) is 12.1 Å². The Labute approximate surface area is 198 Å². The summed E-state index contributed by atoms with van der Waals surface area (Å²) in [5.74, 6) is 0.274. The van der Waals surface area contributed by atoms with Gasteiger partial charge in [0.2, 0.25) is 0 Å². The van der Waals surface area contributed by atoms with Crippen LogP contribution in [-0.4, -0.2) is 22.5 Å². The average molecular weight is 466 g/mol. The van der Waals surface area contributed by atoms with Crippen molar-refractivity contribution in [2.45, 2.75) is 53.0 Å². The minimum Gasteiger partial charge on any atom is -0.324 e. The molecule has 1 unspecified atom stereocenters. The van der Waals surface area contributed by atoms with Gasteiger partial charge in [-0.05, 0) is 86.0 Å². The highest BCUT2D eigenvalue weighted by Gasteiger charge is 2.17. The van der Waals surface area contributed by atoms with Crippen molar-refractivity contribution in [3.05, 3.63) is 105 Å². The molecule has 5 heteroatoms. The third-order valence-corrected chi connectivity index (χ3v) is 7.24. The Morgan fingerprint density at radius 3 is 2.27 bits per heavy atom. The molecule has 0 heterocycles. The lowest BCUT2D eigenvalue weighted by atomic mass is 9.84. The van der Waals surface area contributed by atoms with Gasteiger partial charge in [0.15, 0.2) is 0 Å². The van der Waals surface area contributed by atoms with E-state index in [1.165, 1.54) is 44.5 Å². The van der Waals surface area contributed by atoms with Crippen LogP contribution in [0.4, 0.5) is 0 Å². The van der Waals surface area contributed by atoms with Gasteiger partial charge in [0.1, 0.15) is 0 Å². The maximum absolute atomic E-state index is 11.0. The third-order valence-electron chi connectivity index (χ3n) is 6.34. The Bertz CT molecular complexity index is 1140. The van der Waals surface area contributed by atoms with Crippen LogP contribution < -0.4 is 5.32 Å². The molecule has 3 rings (SSSR count). The zero-order valence-corrected chi connectivity index (χ0v) is 21.0. The fourth-order valence-electron chi connectivity index (χ4n) is 4.25. The molecule has 0 bridgehead atoms. The van der Waals surface area contributed by atoms with Crippen LogP contribution in [0.2, 0.25) is 0 Å². The fourth-order valence-corrected chi connectivity index (χ4v) is 4.82. The number of aryl methyl sites for hydroxylation is 4. The molecule has 0 saturated heterocycles. The van der Waals surface area contributed by atoms with Gasteiger partial charge < -0.3 is 15.1 Å². The maximum Gasteiger partial charge on any atom is 0.325 e. The molecule has 0 amide bonds. The molecule has 3 aromatic carbocycles. The summed E-state index contributed by atoms with van der Waals surface area (Å²) in [6, 6.07) is 22.3. The first-order chi connectivity index (χ1) is 15.6. The second-order valence-electron chi connectivity index (χ2n) is 9.19. The smallest absolute Gasteiger partial charge is 0.324 e. The number of nitrogens with one attached hydrogen (secondary N) is 1. The fraction of sp³-hybridized carbons (Fsp3) is 0.357. The van der Waals surface area contributed by atoms with Crippen molar-refractivity contribution < 1.29 is 14.4 Å². The molecule has 0 fully saturated rings. The number of rotatable bonds is 10. The lowest BCUT2D eigenvalue weighted by molar-refractivity contribution is 0.371. The van der Waals surface area contributed by atoms with Crippen LogP contribution in [0.15, 0.2) is 60.7 Å². The van der Waals surface area contributed by atoms with Crippen molar-refractivity contribution in [2.75, 3.05) is 12.7 Å². The molecular weight excluding hydrogens is 429 g/mol. The van der Waals surface area contributed by atoms with E-state index in [9.17, 15) is 4.57 Å². The predicted molar refractivity (Wildman–Crippen MR) is 137 cm³/mol. The van der Waals surface area contributed by atoms with Gasteiger partial charge in [0.05, 0.1) is 6.16 Å². The van der Waals surface area contributed by atoms with Crippen molar-refractivity contribution in [3.63, 3.8) is 0 Å². The van der Waals surface area contributed by atoms with Gasteiger partial charge in [-0.3, -0.25) is 4.57 Å². The van der Waals surface area contributed by atoms with Crippen LogP contribution in [0.3, 0.4) is 0 Å². The van der Waals surface area contributed by atoms with Crippen molar-refractivity contribution >= 4 is 7.60 Å². The maximum atomic E-state index is 11.0. The molecule has 0 aliphatic carbocycles. The molecule has 4 nitrogen and oxygen atoms in total. The normalized spacial score (nSPS) is 12.7. The van der Waals surface area contributed by atoms with E-state index >= 15 is 0 Å². The van der Waals surface area contributed by atoms with E-state index in [0.29, 0.717) is 19.5 Å². The second kappa shape index (κ2) is 11.3. The SMILES string of the molecule is Cc1cccc(C(Cc2ccc(C)c(C)c2)c2ccc(CNCCCP(=O)(O)O)c(C)c2)c1. The second-order valence-corrected chi connectivity index (χ2v) is 11.0. The summed E-state index contributed by atoms with van der Waals surface area (Å²) in [6.45, 7) is 9.89. The first-order valence-electron chi connectivity index (χ1n) is 11.6. The number of hydrogen-bond donors (Lipinski definition) is 3. The molecule has 1 atom stereocenters. The molecule has 0 saturated carbocycles. The van der Waals surface area contributed by atoms with Crippen LogP contribution in [0.25, 0.3) is 0 Å². The first-order valence-corrected chi connectivity index (χ1v) is 13.4. The Morgan fingerprint density at radius 1 is 0.848 bits per heavy atom.